The number of anilines is 1. The van der Waals surface area contributed by atoms with Gasteiger partial charge in [0.15, 0.2) is 0 Å². The number of urea groups is 1. The fourth-order valence-corrected chi connectivity index (χ4v) is 8.17. The van der Waals surface area contributed by atoms with Crippen molar-refractivity contribution in [2.24, 2.45) is 5.92 Å². The van der Waals surface area contributed by atoms with Crippen molar-refractivity contribution in [3.8, 4) is 0 Å². The first kappa shape index (κ1) is 53.7. The molecule has 5 N–H and O–H groups in total. The second kappa shape index (κ2) is 25.4. The van der Waals surface area contributed by atoms with Crippen LogP contribution in [0.3, 0.4) is 0 Å². The maximum absolute atomic E-state index is 13.6. The lowest BCUT2D eigenvalue weighted by Gasteiger charge is -2.39. The molecule has 3 aliphatic heterocycles. The van der Waals surface area contributed by atoms with Gasteiger partial charge in [0.25, 0.3) is 0 Å². The molecule has 3 fully saturated rings. The van der Waals surface area contributed by atoms with Crippen molar-refractivity contribution >= 4 is 42.1 Å². The Morgan fingerprint density at radius 2 is 1.30 bits per heavy atom. The highest BCUT2D eigenvalue weighted by molar-refractivity contribution is 5.83. The van der Waals surface area contributed by atoms with E-state index >= 15 is 0 Å². The third-order valence-corrected chi connectivity index (χ3v) is 11.8. The van der Waals surface area contributed by atoms with Crippen LogP contribution < -0.4 is 26.6 Å². The summed E-state index contributed by atoms with van der Waals surface area (Å²) in [6, 6.07) is 20.0. The minimum atomic E-state index is -0.745. The number of benzene rings is 2. The van der Waals surface area contributed by atoms with Crippen molar-refractivity contribution in [3.63, 3.8) is 0 Å². The van der Waals surface area contributed by atoms with Gasteiger partial charge in [0.1, 0.15) is 41.9 Å². The van der Waals surface area contributed by atoms with Gasteiger partial charge in [0.2, 0.25) is 5.91 Å². The second-order valence-corrected chi connectivity index (χ2v) is 19.9. The van der Waals surface area contributed by atoms with Gasteiger partial charge in [0.05, 0.1) is 13.2 Å². The summed E-state index contributed by atoms with van der Waals surface area (Å²) < 4.78 is 34.9. The summed E-state index contributed by atoms with van der Waals surface area (Å²) in [7, 11) is 0. The topological polar surface area (TPSA) is 237 Å². The van der Waals surface area contributed by atoms with Crippen molar-refractivity contribution in [2.45, 2.75) is 135 Å². The molecule has 6 rings (SSSR count). The van der Waals surface area contributed by atoms with Crippen molar-refractivity contribution in [1.29, 1.82) is 0 Å². The Balaban J connectivity index is 0.919. The Morgan fingerprint density at radius 3 is 1.96 bits per heavy atom. The van der Waals surface area contributed by atoms with Gasteiger partial charge in [-0.05, 0) is 95.5 Å². The van der Waals surface area contributed by atoms with Gasteiger partial charge in [-0.2, -0.15) is 0 Å². The van der Waals surface area contributed by atoms with Crippen molar-refractivity contribution < 1.29 is 57.2 Å². The fourth-order valence-electron chi connectivity index (χ4n) is 8.17. The molecule has 0 bridgehead atoms. The third kappa shape index (κ3) is 18.2. The number of piperidine rings is 2. The van der Waals surface area contributed by atoms with E-state index in [1.807, 2.05) is 54.6 Å². The number of amides is 7. The molecule has 0 saturated carbocycles. The molecule has 7 amide bonds. The Kier molecular flexibility index (Phi) is 19.2. The van der Waals surface area contributed by atoms with Crippen LogP contribution in [-0.4, -0.2) is 126 Å². The highest BCUT2D eigenvalue weighted by Crippen LogP contribution is 2.26. The van der Waals surface area contributed by atoms with Crippen LogP contribution >= 0.6 is 0 Å². The lowest BCUT2D eigenvalue weighted by Crippen LogP contribution is -2.53. The van der Waals surface area contributed by atoms with E-state index in [9.17, 15) is 28.8 Å². The van der Waals surface area contributed by atoms with E-state index in [2.05, 4.69) is 31.6 Å². The van der Waals surface area contributed by atoms with Crippen LogP contribution in [0.1, 0.15) is 95.9 Å². The summed E-state index contributed by atoms with van der Waals surface area (Å²) in [6.45, 7) is 13.3. The molecule has 3 saturated heterocycles. The molecular weight excluding hydrogens is 917 g/mol. The van der Waals surface area contributed by atoms with Crippen molar-refractivity contribution in [3.05, 3.63) is 95.2 Å². The van der Waals surface area contributed by atoms with Gasteiger partial charge in [0, 0.05) is 70.4 Å². The standard InChI is InChI=1S/C51H70N8O12/c1-50(2,3)70-46(62)55-29-36-14-10-13-35(27-36)28-54-45(61)56-39-19-24-58(25-20-39)48(64)68-33-41-43(67-32-34-11-8-7-9-12-34)40(21-26-66-41)69-49(65)59-22-17-38(18-23-59)44(60)53-31-37-15-16-42(52-30-37)57-47(63)71-51(4,5)6/h7-16,27,30,38-41,43H,17-26,28-29,31-33H2,1-6H3,(H,53,60)(H,55,62)(H,52,57,63)(H2,54,56,61)/t40-,41-,43+/m1/s1. The third-order valence-electron chi connectivity index (χ3n) is 11.8. The van der Waals surface area contributed by atoms with Crippen LogP contribution in [0.5, 0.6) is 0 Å². The number of nitrogens with one attached hydrogen (secondary N) is 5. The lowest BCUT2D eigenvalue weighted by molar-refractivity contribution is -0.178. The first-order valence-corrected chi connectivity index (χ1v) is 24.3. The van der Waals surface area contributed by atoms with E-state index in [1.54, 1.807) is 69.7 Å². The largest absolute Gasteiger partial charge is 0.447 e. The quantitative estimate of drug-likeness (QED) is 0.0991. The summed E-state index contributed by atoms with van der Waals surface area (Å²) in [5.41, 5.74) is 2.16. The number of carbonyl (C=O) groups is 6. The van der Waals surface area contributed by atoms with Gasteiger partial charge in [-0.1, -0.05) is 60.7 Å². The smallest absolute Gasteiger partial charge is 0.413 e. The minimum Gasteiger partial charge on any atom is -0.447 e. The van der Waals surface area contributed by atoms with Crippen LogP contribution in [0, 0.1) is 5.92 Å². The van der Waals surface area contributed by atoms with Gasteiger partial charge in [-0.3, -0.25) is 10.1 Å². The molecule has 2 aromatic carbocycles. The molecule has 0 aliphatic carbocycles. The van der Waals surface area contributed by atoms with Gasteiger partial charge in [-0.15, -0.1) is 0 Å². The summed E-state index contributed by atoms with van der Waals surface area (Å²) in [5, 5.41) is 14.2. The van der Waals surface area contributed by atoms with Gasteiger partial charge < -0.3 is 59.5 Å². The molecule has 3 aromatic rings. The molecule has 3 aliphatic rings. The number of hydrogen-bond donors (Lipinski definition) is 5. The first-order chi connectivity index (χ1) is 33.9. The van der Waals surface area contributed by atoms with Crippen LogP contribution in [0.2, 0.25) is 0 Å². The number of rotatable bonds is 15. The highest BCUT2D eigenvalue weighted by atomic mass is 16.6. The van der Waals surface area contributed by atoms with Gasteiger partial charge in [-0.25, -0.2) is 29.0 Å². The summed E-state index contributed by atoms with van der Waals surface area (Å²) >= 11 is 0. The van der Waals surface area contributed by atoms with E-state index in [0.29, 0.717) is 64.1 Å². The molecular formula is C51H70N8O12. The van der Waals surface area contributed by atoms with Gasteiger partial charge >= 0.3 is 30.4 Å². The van der Waals surface area contributed by atoms with Crippen LogP contribution in [0.25, 0.3) is 0 Å². The Morgan fingerprint density at radius 1 is 0.676 bits per heavy atom. The number of pyridine rings is 1. The molecule has 1 aromatic heterocycles. The Hall–Kier alpha value is -6.67. The zero-order valence-electron chi connectivity index (χ0n) is 41.7. The van der Waals surface area contributed by atoms with Crippen LogP contribution in [0.15, 0.2) is 72.9 Å². The van der Waals surface area contributed by atoms with E-state index in [-0.39, 0.29) is 63.4 Å². The summed E-state index contributed by atoms with van der Waals surface area (Å²) in [6.07, 6.45) is -0.410. The number of hydrogen-bond acceptors (Lipinski definition) is 13. The predicted molar refractivity (Wildman–Crippen MR) is 261 cm³/mol. The molecule has 3 atom stereocenters. The number of ether oxygens (including phenoxy) is 6. The van der Waals surface area contributed by atoms with Crippen LogP contribution in [0.4, 0.5) is 29.8 Å². The van der Waals surface area contributed by atoms with Crippen molar-refractivity contribution in [2.75, 3.05) is 44.7 Å². The van der Waals surface area contributed by atoms with E-state index < -0.39 is 53.9 Å². The summed E-state index contributed by atoms with van der Waals surface area (Å²) in [4.78, 5) is 84.5. The molecule has 386 valence electrons. The Labute approximate surface area is 415 Å². The average Bonchev–Trinajstić information content (AvgIpc) is 3.33. The highest BCUT2D eigenvalue weighted by Gasteiger charge is 2.40. The first-order valence-electron chi connectivity index (χ1n) is 24.3. The fraction of sp³-hybridized carbons (Fsp3) is 0.549. The minimum absolute atomic E-state index is 0.128. The molecule has 20 nitrogen and oxygen atoms in total. The number of likely N-dealkylation sites (tertiary alicyclic amines) is 2. The Bertz CT molecular complexity index is 2240. The zero-order valence-corrected chi connectivity index (χ0v) is 41.7. The second-order valence-electron chi connectivity index (χ2n) is 19.9. The number of nitrogens with zero attached hydrogens (tertiary/aromatic N) is 3. The van der Waals surface area contributed by atoms with E-state index in [1.165, 1.54) is 0 Å². The predicted octanol–water partition coefficient (Wildman–Crippen LogP) is 6.76. The number of alkyl carbamates (subject to hydrolysis) is 1. The maximum Gasteiger partial charge on any atom is 0.413 e. The number of aromatic nitrogens is 1. The molecule has 0 radical (unpaired) electrons. The monoisotopic (exact) mass is 987 g/mol. The maximum atomic E-state index is 13.6. The number of carbonyl (C=O) groups excluding carboxylic acids is 6. The molecule has 71 heavy (non-hydrogen) atoms. The lowest BCUT2D eigenvalue weighted by atomic mass is 9.96. The van der Waals surface area contributed by atoms with E-state index in [4.69, 9.17) is 28.4 Å². The molecule has 4 heterocycles. The molecule has 0 unspecified atom stereocenters. The average molecular weight is 987 g/mol. The zero-order chi connectivity index (χ0) is 51.0. The van der Waals surface area contributed by atoms with Crippen molar-refractivity contribution in [1.82, 2.24) is 36.1 Å². The SMILES string of the molecule is CC(C)(C)OC(=O)NCc1cccc(CNC(=O)NC2CCN(C(=O)OC[C@H]3OCC[C@@H](OC(=O)N4CCC(C(=O)NCc5ccc(NC(=O)OC(C)(C)C)nc5)CC4)[C@@H]3OCc3ccccc3)CC2)c1. The van der Waals surface area contributed by atoms with Crippen LogP contribution in [-0.2, 0) is 59.5 Å². The molecule has 0 spiro atoms. The summed E-state index contributed by atoms with van der Waals surface area (Å²) in [5.74, 6) is -0.0958. The molecule has 20 heteroatoms. The van der Waals surface area contributed by atoms with E-state index in [0.717, 1.165) is 22.3 Å². The normalized spacial score (nSPS) is 18.9.